The largest absolute Gasteiger partial charge is 0.325 e. The Morgan fingerprint density at radius 2 is 1.59 bits per heavy atom. The maximum absolute atomic E-state index is 13.0. The molecule has 22 heavy (non-hydrogen) atoms. The first kappa shape index (κ1) is 14.2. The van der Waals surface area contributed by atoms with Gasteiger partial charge in [-0.3, -0.25) is 14.5 Å². The summed E-state index contributed by atoms with van der Waals surface area (Å²) in [7, 11) is 0. The average molecular weight is 304 g/mol. The van der Waals surface area contributed by atoms with E-state index < -0.39 is 11.6 Å². The van der Waals surface area contributed by atoms with Gasteiger partial charge in [0.25, 0.3) is 5.91 Å². The van der Waals surface area contributed by atoms with Gasteiger partial charge >= 0.3 is 6.03 Å². The van der Waals surface area contributed by atoms with E-state index >= 15 is 0 Å². The van der Waals surface area contributed by atoms with Crippen molar-refractivity contribution < 1.29 is 14.4 Å². The monoisotopic (exact) mass is 304 g/mol. The van der Waals surface area contributed by atoms with E-state index in [2.05, 4.69) is 5.32 Å². The summed E-state index contributed by atoms with van der Waals surface area (Å²) in [6.07, 6.45) is 6.77. The number of imide groups is 1. The van der Waals surface area contributed by atoms with Gasteiger partial charge in [-0.15, -0.1) is 0 Å². The van der Waals surface area contributed by atoms with Gasteiger partial charge in [-0.25, -0.2) is 4.79 Å². The highest BCUT2D eigenvalue weighted by Crippen LogP contribution is 2.60. The van der Waals surface area contributed by atoms with Crippen LogP contribution in [0.25, 0.3) is 0 Å². The van der Waals surface area contributed by atoms with Crippen LogP contribution in [0.1, 0.15) is 52.4 Å². The molecule has 5 aliphatic rings. The van der Waals surface area contributed by atoms with Gasteiger partial charge in [0.15, 0.2) is 5.78 Å². The third kappa shape index (κ3) is 1.94. The van der Waals surface area contributed by atoms with E-state index in [4.69, 9.17) is 0 Å². The van der Waals surface area contributed by atoms with Crippen molar-refractivity contribution in [3.8, 4) is 0 Å². The van der Waals surface area contributed by atoms with Crippen molar-refractivity contribution in [2.45, 2.75) is 57.9 Å². The molecule has 5 rings (SSSR count). The molecule has 0 aromatic carbocycles. The van der Waals surface area contributed by atoms with Crippen LogP contribution >= 0.6 is 0 Å². The van der Waals surface area contributed by atoms with Crippen molar-refractivity contribution >= 4 is 17.7 Å². The van der Waals surface area contributed by atoms with Crippen molar-refractivity contribution in [3.05, 3.63) is 0 Å². The van der Waals surface area contributed by atoms with Crippen LogP contribution in [0.15, 0.2) is 0 Å². The predicted octanol–water partition coefficient (Wildman–Crippen LogP) is 2.10. The summed E-state index contributed by atoms with van der Waals surface area (Å²) < 4.78 is 0. The van der Waals surface area contributed by atoms with Crippen molar-refractivity contribution in [3.63, 3.8) is 0 Å². The number of urea groups is 1. The fraction of sp³-hybridized carbons (Fsp3) is 0.824. The van der Waals surface area contributed by atoms with E-state index in [0.717, 1.165) is 24.2 Å². The molecule has 4 bridgehead atoms. The highest BCUT2D eigenvalue weighted by Gasteiger charge is 2.55. The van der Waals surface area contributed by atoms with Crippen LogP contribution in [-0.2, 0) is 9.59 Å². The zero-order chi connectivity index (χ0) is 15.7. The minimum atomic E-state index is -0.890. The number of hydrogen-bond donors (Lipinski definition) is 1. The van der Waals surface area contributed by atoms with E-state index in [1.807, 2.05) is 0 Å². The second kappa shape index (κ2) is 4.33. The van der Waals surface area contributed by atoms with Gasteiger partial charge in [0, 0.05) is 5.41 Å². The molecule has 5 nitrogen and oxygen atoms in total. The predicted molar refractivity (Wildman–Crippen MR) is 79.9 cm³/mol. The Morgan fingerprint density at radius 1 is 1.09 bits per heavy atom. The summed E-state index contributed by atoms with van der Waals surface area (Å²) >= 11 is 0. The zero-order valence-corrected chi connectivity index (χ0v) is 13.4. The maximum atomic E-state index is 13.0. The third-order valence-corrected chi connectivity index (χ3v) is 6.38. The molecular weight excluding hydrogens is 280 g/mol. The summed E-state index contributed by atoms with van der Waals surface area (Å²) in [5.74, 6) is 1.91. The van der Waals surface area contributed by atoms with E-state index in [1.165, 1.54) is 19.3 Å². The molecular formula is C17H24N2O3. The topological polar surface area (TPSA) is 66.5 Å². The summed E-state index contributed by atoms with van der Waals surface area (Å²) in [6, 6.07) is -0.423. The van der Waals surface area contributed by atoms with Gasteiger partial charge in [-0.1, -0.05) is 0 Å². The van der Waals surface area contributed by atoms with E-state index in [-0.39, 0.29) is 23.7 Å². The van der Waals surface area contributed by atoms with Crippen LogP contribution in [0.3, 0.4) is 0 Å². The molecule has 4 saturated carbocycles. The first-order chi connectivity index (χ1) is 10.3. The second-order valence-corrected chi connectivity index (χ2v) is 8.57. The first-order valence-corrected chi connectivity index (χ1v) is 8.46. The summed E-state index contributed by atoms with van der Waals surface area (Å²) in [4.78, 5) is 38.4. The molecule has 3 amide bonds. The third-order valence-electron chi connectivity index (χ3n) is 6.38. The Morgan fingerprint density at radius 3 is 2.00 bits per heavy atom. The van der Waals surface area contributed by atoms with Crippen molar-refractivity contribution in [2.75, 3.05) is 6.54 Å². The molecule has 0 atom stereocenters. The first-order valence-electron chi connectivity index (χ1n) is 8.46. The molecule has 1 N–H and O–H groups in total. The lowest BCUT2D eigenvalue weighted by atomic mass is 9.48. The van der Waals surface area contributed by atoms with Gasteiger partial charge in [-0.2, -0.15) is 0 Å². The number of carbonyl (C=O) groups is 3. The summed E-state index contributed by atoms with van der Waals surface area (Å²) in [5.41, 5.74) is -1.14. The number of rotatable bonds is 3. The van der Waals surface area contributed by atoms with Gasteiger partial charge < -0.3 is 5.32 Å². The zero-order valence-electron chi connectivity index (χ0n) is 13.4. The number of Topliss-reactive ketones (excluding diaryl/α,β-unsaturated/α-hetero) is 1. The Kier molecular flexibility index (Phi) is 2.80. The van der Waals surface area contributed by atoms with E-state index in [1.54, 1.807) is 13.8 Å². The van der Waals surface area contributed by atoms with Crippen LogP contribution in [-0.4, -0.2) is 34.7 Å². The van der Waals surface area contributed by atoms with Crippen LogP contribution in [0, 0.1) is 23.2 Å². The van der Waals surface area contributed by atoms with Gasteiger partial charge in [0.05, 0.1) is 6.54 Å². The number of carbonyl (C=O) groups excluding carboxylic acids is 3. The Labute approximate surface area is 130 Å². The average Bonchev–Trinajstić information content (AvgIpc) is 2.59. The highest BCUT2D eigenvalue weighted by atomic mass is 16.2. The van der Waals surface area contributed by atoms with Gasteiger partial charge in [0.2, 0.25) is 0 Å². The van der Waals surface area contributed by atoms with Crippen molar-refractivity contribution in [1.82, 2.24) is 10.2 Å². The molecule has 0 radical (unpaired) electrons. The fourth-order valence-electron chi connectivity index (χ4n) is 5.72. The number of ketones is 1. The molecule has 0 aromatic rings. The lowest BCUT2D eigenvalue weighted by Gasteiger charge is -2.56. The molecule has 0 aromatic heterocycles. The van der Waals surface area contributed by atoms with E-state index in [0.29, 0.717) is 17.8 Å². The minimum absolute atomic E-state index is 0.0414. The Bertz CT molecular complexity index is 531. The molecule has 5 heteroatoms. The second-order valence-electron chi connectivity index (χ2n) is 8.57. The Balaban J connectivity index is 1.53. The van der Waals surface area contributed by atoms with Crippen LogP contribution < -0.4 is 5.32 Å². The fourth-order valence-corrected chi connectivity index (χ4v) is 5.72. The van der Waals surface area contributed by atoms with Crippen LogP contribution in [0.4, 0.5) is 4.79 Å². The highest BCUT2D eigenvalue weighted by molar-refractivity contribution is 6.09. The minimum Gasteiger partial charge on any atom is -0.324 e. The maximum Gasteiger partial charge on any atom is 0.325 e. The van der Waals surface area contributed by atoms with Gasteiger partial charge in [0.1, 0.15) is 5.54 Å². The smallest absolute Gasteiger partial charge is 0.324 e. The van der Waals surface area contributed by atoms with Crippen LogP contribution in [0.5, 0.6) is 0 Å². The molecule has 120 valence electrons. The molecule has 0 unspecified atom stereocenters. The normalized spacial score (nSPS) is 41.9. The SMILES string of the molecule is CC1(C)NC(=O)N(CC(=O)C23CC4CC(CC(C4)C2)C3)C1=O. The summed E-state index contributed by atoms with van der Waals surface area (Å²) in [6.45, 7) is 3.32. The number of amides is 3. The van der Waals surface area contributed by atoms with Crippen molar-refractivity contribution in [1.29, 1.82) is 0 Å². The molecule has 1 saturated heterocycles. The molecule has 5 fully saturated rings. The van der Waals surface area contributed by atoms with E-state index in [9.17, 15) is 14.4 Å². The quantitative estimate of drug-likeness (QED) is 0.812. The molecule has 1 aliphatic heterocycles. The standard InChI is InChI=1S/C17H24N2O3/c1-16(2)14(21)19(15(22)18-16)9-13(20)17-6-10-3-11(7-17)5-12(4-10)8-17/h10-12H,3-9H2,1-2H3,(H,18,22). The molecule has 1 heterocycles. The number of nitrogens with one attached hydrogen (secondary N) is 1. The molecule has 4 aliphatic carbocycles. The Hall–Kier alpha value is -1.39. The van der Waals surface area contributed by atoms with Gasteiger partial charge in [-0.05, 0) is 70.1 Å². The number of nitrogens with zero attached hydrogens (tertiary/aromatic N) is 1. The number of hydrogen-bond acceptors (Lipinski definition) is 3. The van der Waals surface area contributed by atoms with Crippen LogP contribution in [0.2, 0.25) is 0 Å². The summed E-state index contributed by atoms with van der Waals surface area (Å²) in [5, 5.41) is 2.66. The lowest BCUT2D eigenvalue weighted by molar-refractivity contribution is -0.147. The van der Waals surface area contributed by atoms with Crippen molar-refractivity contribution in [2.24, 2.45) is 23.2 Å². The lowest BCUT2D eigenvalue weighted by Crippen LogP contribution is -2.53. The molecule has 0 spiro atoms.